The number of aliphatic imine (C=N–C) groups is 1. The SMILES string of the molecule is CCN=C1CCc2ccccc2N1. The topological polar surface area (TPSA) is 24.4 Å². The van der Waals surface area contributed by atoms with Gasteiger partial charge in [0.15, 0.2) is 0 Å². The number of nitrogens with zero attached hydrogens (tertiary/aromatic N) is 1. The first kappa shape index (κ1) is 8.30. The number of fused-ring (bicyclic) bond motifs is 1. The first-order valence-corrected chi connectivity index (χ1v) is 4.78. The van der Waals surface area contributed by atoms with Crippen molar-refractivity contribution in [3.8, 4) is 0 Å². The molecule has 68 valence electrons. The van der Waals surface area contributed by atoms with Gasteiger partial charge in [0.05, 0.1) is 0 Å². The Kier molecular flexibility index (Phi) is 2.30. The zero-order valence-electron chi connectivity index (χ0n) is 7.88. The monoisotopic (exact) mass is 174 g/mol. The van der Waals surface area contributed by atoms with Crippen molar-refractivity contribution in [2.24, 2.45) is 4.99 Å². The molecule has 13 heavy (non-hydrogen) atoms. The van der Waals surface area contributed by atoms with E-state index < -0.39 is 0 Å². The molecule has 1 heterocycles. The van der Waals surface area contributed by atoms with Crippen molar-refractivity contribution in [3.63, 3.8) is 0 Å². The van der Waals surface area contributed by atoms with Crippen LogP contribution >= 0.6 is 0 Å². The molecule has 0 bridgehead atoms. The molecule has 0 spiro atoms. The summed E-state index contributed by atoms with van der Waals surface area (Å²) in [6.07, 6.45) is 2.16. The quantitative estimate of drug-likeness (QED) is 0.695. The van der Waals surface area contributed by atoms with Crippen molar-refractivity contribution in [2.45, 2.75) is 19.8 Å². The van der Waals surface area contributed by atoms with Crippen LogP contribution in [-0.4, -0.2) is 12.4 Å². The van der Waals surface area contributed by atoms with E-state index in [1.807, 2.05) is 0 Å². The minimum absolute atomic E-state index is 0.866. The van der Waals surface area contributed by atoms with E-state index in [0.29, 0.717) is 0 Å². The highest BCUT2D eigenvalue weighted by Gasteiger charge is 2.11. The van der Waals surface area contributed by atoms with Gasteiger partial charge in [0.2, 0.25) is 0 Å². The van der Waals surface area contributed by atoms with Crippen molar-refractivity contribution in [2.75, 3.05) is 11.9 Å². The summed E-state index contributed by atoms with van der Waals surface area (Å²) in [6, 6.07) is 8.42. The van der Waals surface area contributed by atoms with Gasteiger partial charge in [-0.25, -0.2) is 0 Å². The molecule has 2 nitrogen and oxygen atoms in total. The minimum atomic E-state index is 0.866. The molecule has 1 aliphatic rings. The van der Waals surface area contributed by atoms with Crippen LogP contribution in [0.5, 0.6) is 0 Å². The van der Waals surface area contributed by atoms with E-state index in [0.717, 1.165) is 25.2 Å². The third kappa shape index (κ3) is 1.72. The Labute approximate surface area is 78.7 Å². The fourth-order valence-electron chi connectivity index (χ4n) is 1.64. The highest BCUT2D eigenvalue weighted by molar-refractivity contribution is 5.98. The lowest BCUT2D eigenvalue weighted by atomic mass is 10.0. The third-order valence-electron chi connectivity index (χ3n) is 2.28. The first-order valence-electron chi connectivity index (χ1n) is 4.78. The van der Waals surface area contributed by atoms with Gasteiger partial charge in [-0.05, 0) is 25.0 Å². The predicted molar refractivity (Wildman–Crippen MR) is 56.4 cm³/mol. The first-order chi connectivity index (χ1) is 6.40. The van der Waals surface area contributed by atoms with Gasteiger partial charge in [-0.3, -0.25) is 4.99 Å². The fraction of sp³-hybridized carbons (Fsp3) is 0.364. The Morgan fingerprint density at radius 3 is 3.00 bits per heavy atom. The Morgan fingerprint density at radius 1 is 1.31 bits per heavy atom. The third-order valence-corrected chi connectivity index (χ3v) is 2.28. The number of hydrogen-bond donors (Lipinski definition) is 1. The Bertz CT molecular complexity index is 329. The van der Waals surface area contributed by atoms with Gasteiger partial charge in [0.1, 0.15) is 5.84 Å². The van der Waals surface area contributed by atoms with Crippen LogP contribution in [0, 0.1) is 0 Å². The lowest BCUT2D eigenvalue weighted by Crippen LogP contribution is -2.19. The largest absolute Gasteiger partial charge is 0.344 e. The van der Waals surface area contributed by atoms with Crippen LogP contribution in [0.1, 0.15) is 18.9 Å². The average molecular weight is 174 g/mol. The summed E-state index contributed by atoms with van der Waals surface area (Å²) < 4.78 is 0. The molecule has 1 aliphatic heterocycles. The van der Waals surface area contributed by atoms with Crippen LogP contribution in [0.25, 0.3) is 0 Å². The smallest absolute Gasteiger partial charge is 0.101 e. The number of benzene rings is 1. The zero-order valence-corrected chi connectivity index (χ0v) is 7.88. The van der Waals surface area contributed by atoms with Crippen molar-refractivity contribution >= 4 is 11.5 Å². The van der Waals surface area contributed by atoms with Gasteiger partial charge in [0, 0.05) is 18.7 Å². The molecule has 0 aromatic heterocycles. The van der Waals surface area contributed by atoms with Gasteiger partial charge in [-0.15, -0.1) is 0 Å². The molecule has 1 aromatic carbocycles. The molecular formula is C11H14N2. The number of para-hydroxylation sites is 1. The lowest BCUT2D eigenvalue weighted by Gasteiger charge is -2.19. The maximum absolute atomic E-state index is 4.39. The second-order valence-electron chi connectivity index (χ2n) is 3.20. The maximum atomic E-state index is 4.39. The summed E-state index contributed by atoms with van der Waals surface area (Å²) in [5.74, 6) is 1.13. The molecule has 0 amide bonds. The second-order valence-corrected chi connectivity index (χ2v) is 3.20. The average Bonchev–Trinajstić information content (AvgIpc) is 2.18. The molecule has 0 radical (unpaired) electrons. The Balaban J connectivity index is 2.24. The van der Waals surface area contributed by atoms with Crippen LogP contribution in [0.4, 0.5) is 5.69 Å². The summed E-state index contributed by atoms with van der Waals surface area (Å²) in [5, 5.41) is 3.35. The number of aryl methyl sites for hydroxylation is 1. The number of nitrogens with one attached hydrogen (secondary N) is 1. The van der Waals surface area contributed by atoms with Gasteiger partial charge < -0.3 is 5.32 Å². The molecule has 0 saturated carbocycles. The highest BCUT2D eigenvalue weighted by atomic mass is 15.0. The van der Waals surface area contributed by atoms with E-state index in [1.54, 1.807) is 0 Å². The van der Waals surface area contributed by atoms with E-state index in [2.05, 4.69) is 41.5 Å². The summed E-state index contributed by atoms with van der Waals surface area (Å²) in [7, 11) is 0. The van der Waals surface area contributed by atoms with Gasteiger partial charge >= 0.3 is 0 Å². The summed E-state index contributed by atoms with van der Waals surface area (Å²) in [4.78, 5) is 4.39. The van der Waals surface area contributed by atoms with Crippen LogP contribution in [-0.2, 0) is 6.42 Å². The molecule has 1 aromatic rings. The van der Waals surface area contributed by atoms with Crippen LogP contribution in [0.2, 0.25) is 0 Å². The molecule has 0 aliphatic carbocycles. The fourth-order valence-corrected chi connectivity index (χ4v) is 1.64. The summed E-state index contributed by atoms with van der Waals surface area (Å²) >= 11 is 0. The summed E-state index contributed by atoms with van der Waals surface area (Å²) in [6.45, 7) is 2.93. The van der Waals surface area contributed by atoms with Crippen LogP contribution in [0.15, 0.2) is 29.3 Å². The van der Waals surface area contributed by atoms with Crippen molar-refractivity contribution in [3.05, 3.63) is 29.8 Å². The molecule has 0 atom stereocenters. The van der Waals surface area contributed by atoms with Gasteiger partial charge in [0.25, 0.3) is 0 Å². The summed E-state index contributed by atoms with van der Waals surface area (Å²) in [5.41, 5.74) is 2.62. The standard InChI is InChI=1S/C11H14N2/c1-2-12-11-8-7-9-5-3-4-6-10(9)13-11/h3-6H,2,7-8H2,1H3,(H,12,13). The van der Waals surface area contributed by atoms with Crippen molar-refractivity contribution in [1.82, 2.24) is 0 Å². The van der Waals surface area contributed by atoms with E-state index in [1.165, 1.54) is 11.3 Å². The van der Waals surface area contributed by atoms with Crippen LogP contribution in [0.3, 0.4) is 0 Å². The predicted octanol–water partition coefficient (Wildman–Crippen LogP) is 2.46. The molecule has 1 N–H and O–H groups in total. The zero-order chi connectivity index (χ0) is 9.10. The normalized spacial score (nSPS) is 18.1. The van der Waals surface area contributed by atoms with Gasteiger partial charge in [-0.2, -0.15) is 0 Å². The number of amidine groups is 1. The number of anilines is 1. The lowest BCUT2D eigenvalue weighted by molar-refractivity contribution is 0.986. The van der Waals surface area contributed by atoms with Crippen LogP contribution < -0.4 is 5.32 Å². The Morgan fingerprint density at radius 2 is 2.15 bits per heavy atom. The molecule has 0 saturated heterocycles. The van der Waals surface area contributed by atoms with E-state index in [9.17, 15) is 0 Å². The molecule has 2 heteroatoms. The van der Waals surface area contributed by atoms with Gasteiger partial charge in [-0.1, -0.05) is 18.2 Å². The van der Waals surface area contributed by atoms with E-state index in [-0.39, 0.29) is 0 Å². The van der Waals surface area contributed by atoms with E-state index >= 15 is 0 Å². The number of hydrogen-bond acceptors (Lipinski definition) is 1. The van der Waals surface area contributed by atoms with Crippen molar-refractivity contribution < 1.29 is 0 Å². The molecule has 0 fully saturated rings. The second kappa shape index (κ2) is 3.60. The maximum Gasteiger partial charge on any atom is 0.101 e. The number of rotatable bonds is 1. The Hall–Kier alpha value is -1.31. The molecular weight excluding hydrogens is 160 g/mol. The van der Waals surface area contributed by atoms with E-state index in [4.69, 9.17) is 0 Å². The van der Waals surface area contributed by atoms with Crippen molar-refractivity contribution in [1.29, 1.82) is 0 Å². The highest BCUT2D eigenvalue weighted by Crippen LogP contribution is 2.21. The molecule has 2 rings (SSSR count). The molecule has 0 unspecified atom stereocenters. The minimum Gasteiger partial charge on any atom is -0.344 e.